The van der Waals surface area contributed by atoms with Crippen molar-refractivity contribution in [3.8, 4) is 0 Å². The van der Waals surface area contributed by atoms with E-state index < -0.39 is 11.5 Å². The number of nitrogens with one attached hydrogen (secondary N) is 1. The summed E-state index contributed by atoms with van der Waals surface area (Å²) < 4.78 is 27.7. The fourth-order valence-corrected chi connectivity index (χ4v) is 2.77. The first-order chi connectivity index (χ1) is 10.3. The molecule has 1 rings (SSSR count). The Morgan fingerprint density at radius 1 is 1.18 bits per heavy atom. The van der Waals surface area contributed by atoms with Gasteiger partial charge in [0.05, 0.1) is 0 Å². The van der Waals surface area contributed by atoms with Crippen LogP contribution >= 0.6 is 12.2 Å². The lowest BCUT2D eigenvalue weighted by Gasteiger charge is -2.19. The van der Waals surface area contributed by atoms with Gasteiger partial charge in [0.2, 0.25) is 0 Å². The monoisotopic (exact) mass is 327 g/mol. The predicted octanol–water partition coefficient (Wildman–Crippen LogP) is 5.51. The van der Waals surface area contributed by atoms with Crippen LogP contribution in [0.1, 0.15) is 64.5 Å². The highest BCUT2D eigenvalue weighted by Gasteiger charge is 2.21. The molecule has 0 amide bonds. The summed E-state index contributed by atoms with van der Waals surface area (Å²) in [5.74, 6) is 0.111. The highest BCUT2D eigenvalue weighted by molar-refractivity contribution is 7.80. The topological polar surface area (TPSA) is 12.0 Å². The second kappa shape index (κ2) is 8.56. The maximum absolute atomic E-state index is 14.0. The minimum Gasteiger partial charge on any atom is -0.376 e. The smallest absolute Gasteiger partial charge is 0.130 e. The molecule has 0 aromatic heterocycles. The Morgan fingerprint density at radius 3 is 2.27 bits per heavy atom. The first-order valence-corrected chi connectivity index (χ1v) is 8.46. The molecule has 0 saturated heterocycles. The number of hydrogen-bond acceptors (Lipinski definition) is 1. The summed E-state index contributed by atoms with van der Waals surface area (Å²) in [5, 5.41) is 3.22. The summed E-state index contributed by atoms with van der Waals surface area (Å²) in [5.41, 5.74) is -0.729. The van der Waals surface area contributed by atoms with E-state index in [1.54, 1.807) is 6.07 Å². The molecule has 1 aromatic rings. The van der Waals surface area contributed by atoms with E-state index in [1.165, 1.54) is 26.0 Å². The van der Waals surface area contributed by atoms with E-state index in [4.69, 9.17) is 12.2 Å². The van der Waals surface area contributed by atoms with E-state index in [2.05, 4.69) is 19.2 Å². The third kappa shape index (κ3) is 5.99. The number of halogens is 2. The van der Waals surface area contributed by atoms with E-state index in [9.17, 15) is 8.78 Å². The lowest BCUT2D eigenvalue weighted by Crippen LogP contribution is -2.29. The number of hydrogen-bond donors (Lipinski definition) is 1. The second-order valence-electron chi connectivity index (χ2n) is 6.35. The normalized spacial score (nSPS) is 11.8. The van der Waals surface area contributed by atoms with Crippen molar-refractivity contribution >= 4 is 17.2 Å². The molecule has 0 aliphatic heterocycles. The summed E-state index contributed by atoms with van der Waals surface area (Å²) in [6.45, 7) is 7.96. The summed E-state index contributed by atoms with van der Waals surface area (Å²) >= 11 is 5.35. The Kier molecular flexibility index (Phi) is 7.40. The third-order valence-electron chi connectivity index (χ3n) is 3.79. The van der Waals surface area contributed by atoms with Crippen molar-refractivity contribution in [3.63, 3.8) is 0 Å². The molecule has 0 aliphatic carbocycles. The van der Waals surface area contributed by atoms with Crippen molar-refractivity contribution in [2.45, 2.75) is 59.0 Å². The molecule has 0 radical (unpaired) electrons. The minimum absolute atomic E-state index is 0.310. The highest BCUT2D eigenvalue weighted by atomic mass is 32.1. The Labute approximate surface area is 138 Å². The van der Waals surface area contributed by atoms with Gasteiger partial charge in [0.1, 0.15) is 16.5 Å². The van der Waals surface area contributed by atoms with Crippen molar-refractivity contribution < 1.29 is 8.78 Å². The quantitative estimate of drug-likeness (QED) is 0.632. The summed E-state index contributed by atoms with van der Waals surface area (Å²) in [4.78, 5) is 0.488. The van der Waals surface area contributed by atoms with E-state index in [1.807, 2.05) is 0 Å². The highest BCUT2D eigenvalue weighted by Crippen LogP contribution is 2.26. The summed E-state index contributed by atoms with van der Waals surface area (Å²) in [6.07, 6.45) is 4.57. The fraction of sp³-hybridized carbons (Fsp3) is 0.611. The molecule has 0 spiro atoms. The molecule has 0 saturated carbocycles. The molecule has 0 bridgehead atoms. The minimum atomic E-state index is -1.58. The van der Waals surface area contributed by atoms with Crippen molar-refractivity contribution in [3.05, 3.63) is 35.1 Å². The molecule has 124 valence electrons. The molecule has 0 aliphatic rings. The Bertz CT molecular complexity index is 488. The lowest BCUT2D eigenvalue weighted by molar-refractivity contribution is 0.220. The van der Waals surface area contributed by atoms with Crippen molar-refractivity contribution in [1.29, 1.82) is 0 Å². The molecule has 0 unspecified atom stereocenters. The summed E-state index contributed by atoms with van der Waals surface area (Å²) in [7, 11) is 0. The van der Waals surface area contributed by atoms with Crippen LogP contribution in [-0.2, 0) is 5.67 Å². The molecule has 0 heterocycles. The number of rotatable bonds is 8. The van der Waals surface area contributed by atoms with Gasteiger partial charge in [0.25, 0.3) is 0 Å². The van der Waals surface area contributed by atoms with E-state index in [-0.39, 0.29) is 0 Å². The van der Waals surface area contributed by atoms with Gasteiger partial charge in [-0.3, -0.25) is 0 Å². The van der Waals surface area contributed by atoms with E-state index in [0.29, 0.717) is 22.0 Å². The van der Waals surface area contributed by atoms with Crippen LogP contribution in [0.2, 0.25) is 0 Å². The number of alkyl halides is 1. The molecular weight excluding hydrogens is 300 g/mol. The van der Waals surface area contributed by atoms with Gasteiger partial charge < -0.3 is 5.32 Å². The van der Waals surface area contributed by atoms with Crippen LogP contribution in [0.3, 0.4) is 0 Å². The van der Waals surface area contributed by atoms with Gasteiger partial charge in [-0.05, 0) is 56.4 Å². The zero-order valence-corrected chi connectivity index (χ0v) is 14.8. The van der Waals surface area contributed by atoms with E-state index >= 15 is 0 Å². The fourth-order valence-electron chi connectivity index (χ4n) is 2.57. The van der Waals surface area contributed by atoms with Crippen LogP contribution in [0, 0.1) is 11.7 Å². The van der Waals surface area contributed by atoms with Gasteiger partial charge in [-0.15, -0.1) is 0 Å². The molecule has 0 atom stereocenters. The molecule has 4 heteroatoms. The summed E-state index contributed by atoms with van der Waals surface area (Å²) in [6, 6.07) is 4.22. The zero-order valence-electron chi connectivity index (χ0n) is 14.0. The molecular formula is C18H27F2NS. The van der Waals surface area contributed by atoms with Crippen LogP contribution in [0.15, 0.2) is 18.2 Å². The number of thiocarbonyl (C=S) groups is 1. The van der Waals surface area contributed by atoms with Gasteiger partial charge in [0.15, 0.2) is 0 Å². The van der Waals surface area contributed by atoms with Crippen molar-refractivity contribution in [2.75, 3.05) is 6.54 Å². The Hall–Kier alpha value is -1.03. The molecule has 0 fully saturated rings. The standard InChI is InChI=1S/C18H27F2NS/c1-5-7-13(8-6-2)12-21-17(22)14-9-15(18(3,4)20)11-16(19)10-14/h9-11,13H,5-8,12H2,1-4H3,(H,21,22). The van der Waals surface area contributed by atoms with E-state index in [0.717, 1.165) is 32.2 Å². The SMILES string of the molecule is CCCC(CCC)CNC(=S)c1cc(F)cc(C(C)(C)F)c1. The van der Waals surface area contributed by atoms with Gasteiger partial charge in [-0.25, -0.2) is 8.78 Å². The Balaban J connectivity index is 2.79. The second-order valence-corrected chi connectivity index (χ2v) is 6.76. The van der Waals surface area contributed by atoms with Gasteiger partial charge in [0, 0.05) is 12.1 Å². The maximum Gasteiger partial charge on any atom is 0.130 e. The third-order valence-corrected chi connectivity index (χ3v) is 4.17. The van der Waals surface area contributed by atoms with Crippen LogP contribution < -0.4 is 5.32 Å². The van der Waals surface area contributed by atoms with Gasteiger partial charge >= 0.3 is 0 Å². The van der Waals surface area contributed by atoms with Crippen LogP contribution in [-0.4, -0.2) is 11.5 Å². The van der Waals surface area contributed by atoms with Crippen LogP contribution in [0.25, 0.3) is 0 Å². The van der Waals surface area contributed by atoms with Crippen LogP contribution in [0.5, 0.6) is 0 Å². The van der Waals surface area contributed by atoms with Gasteiger partial charge in [-0.2, -0.15) is 0 Å². The Morgan fingerprint density at radius 2 is 1.77 bits per heavy atom. The predicted molar refractivity (Wildman–Crippen MR) is 93.5 cm³/mol. The van der Waals surface area contributed by atoms with Crippen LogP contribution in [0.4, 0.5) is 8.78 Å². The van der Waals surface area contributed by atoms with Crippen molar-refractivity contribution in [1.82, 2.24) is 5.32 Å². The lowest BCUT2D eigenvalue weighted by atomic mass is 9.97. The molecule has 1 N–H and O–H groups in total. The first kappa shape index (κ1) is 19.0. The average molecular weight is 327 g/mol. The van der Waals surface area contributed by atoms with Gasteiger partial charge in [-0.1, -0.05) is 38.9 Å². The molecule has 1 nitrogen and oxygen atoms in total. The molecule has 22 heavy (non-hydrogen) atoms. The largest absolute Gasteiger partial charge is 0.376 e. The zero-order chi connectivity index (χ0) is 16.8. The maximum atomic E-state index is 14.0. The average Bonchev–Trinajstić information content (AvgIpc) is 2.43. The van der Waals surface area contributed by atoms with Crippen molar-refractivity contribution in [2.24, 2.45) is 5.92 Å². The molecule has 1 aromatic carbocycles. The first-order valence-electron chi connectivity index (χ1n) is 8.06. The number of benzene rings is 1.